The minimum atomic E-state index is -0.502. The molecule has 0 aliphatic carbocycles. The molecular formula is C11H23NO4. The van der Waals surface area contributed by atoms with Gasteiger partial charge in [-0.15, -0.1) is 0 Å². The molecule has 0 saturated carbocycles. The Labute approximate surface area is 98.0 Å². The van der Waals surface area contributed by atoms with E-state index >= 15 is 0 Å². The molecule has 1 atom stereocenters. The Bertz CT molecular complexity index is 222. The lowest BCUT2D eigenvalue weighted by molar-refractivity contribution is -0.142. The summed E-state index contributed by atoms with van der Waals surface area (Å²) in [7, 11) is 1.48. The highest BCUT2D eigenvalue weighted by atomic mass is 16.6. The lowest BCUT2D eigenvalue weighted by Gasteiger charge is -2.08. The average Bonchev–Trinajstić information content (AvgIpc) is 2.72. The van der Waals surface area contributed by atoms with E-state index in [1.165, 1.54) is 19.9 Å². The molecule has 16 heavy (non-hydrogen) atoms. The predicted octanol–water partition coefficient (Wildman–Crippen LogP) is 2.10. The molecule has 1 saturated heterocycles. The largest absolute Gasteiger partial charge is 0.459 e. The number of esters is 1. The summed E-state index contributed by atoms with van der Waals surface area (Å²) in [5, 5.41) is 2.30. The summed E-state index contributed by atoms with van der Waals surface area (Å²) in [6, 6.07) is 0. The summed E-state index contributed by atoms with van der Waals surface area (Å²) in [6.07, 6.45) is 2.94. The van der Waals surface area contributed by atoms with Crippen molar-refractivity contribution < 1.29 is 20.5 Å². The number of amides is 1. The molecule has 0 aromatic rings. The molecule has 0 aromatic heterocycles. The number of ether oxygens (including phenoxy) is 2. The second-order valence-corrected chi connectivity index (χ2v) is 3.50. The van der Waals surface area contributed by atoms with Crippen LogP contribution < -0.4 is 5.32 Å². The number of alkyl carbamates (subject to hydrolysis) is 1. The van der Waals surface area contributed by atoms with E-state index in [1.807, 2.05) is 0 Å². The van der Waals surface area contributed by atoms with E-state index in [-0.39, 0.29) is 20.1 Å². The van der Waals surface area contributed by atoms with Crippen LogP contribution in [0.3, 0.4) is 0 Å². The second kappa shape index (κ2) is 9.00. The normalized spacial score (nSPS) is 18.2. The van der Waals surface area contributed by atoms with E-state index in [0.29, 0.717) is 12.8 Å². The van der Waals surface area contributed by atoms with E-state index in [2.05, 4.69) is 19.2 Å². The van der Waals surface area contributed by atoms with Crippen molar-refractivity contribution in [2.24, 2.45) is 0 Å². The number of carbonyl (C=O) groups excluding carboxylic acids is 2. The summed E-state index contributed by atoms with van der Waals surface area (Å²) in [5.41, 5.74) is 0. The van der Waals surface area contributed by atoms with Crippen LogP contribution in [0.25, 0.3) is 0 Å². The molecule has 1 unspecified atom stereocenters. The first-order valence-corrected chi connectivity index (χ1v) is 5.68. The van der Waals surface area contributed by atoms with Crippen LogP contribution in [0.4, 0.5) is 4.79 Å². The van der Waals surface area contributed by atoms with Crippen LogP contribution in [-0.2, 0) is 14.3 Å². The van der Waals surface area contributed by atoms with E-state index in [0.717, 1.165) is 0 Å². The van der Waals surface area contributed by atoms with Gasteiger partial charge in [0.05, 0.1) is 0 Å². The maximum Gasteiger partial charge on any atom is 0.406 e. The lowest BCUT2D eigenvalue weighted by atomic mass is 10.2. The summed E-state index contributed by atoms with van der Waals surface area (Å²) in [6.45, 7) is 4.51. The summed E-state index contributed by atoms with van der Waals surface area (Å²) in [5.74, 6) is -0.222. The van der Waals surface area contributed by atoms with Gasteiger partial charge in [-0.05, 0) is 6.42 Å². The highest BCUT2D eigenvalue weighted by Gasteiger charge is 2.24. The molecule has 0 spiro atoms. The van der Waals surface area contributed by atoms with Crippen LogP contribution in [0.15, 0.2) is 0 Å². The molecule has 0 radical (unpaired) electrons. The van der Waals surface area contributed by atoms with Gasteiger partial charge in [-0.3, -0.25) is 4.79 Å². The summed E-state index contributed by atoms with van der Waals surface area (Å²) < 4.78 is 9.51. The third-order valence-corrected chi connectivity index (χ3v) is 2.07. The van der Waals surface area contributed by atoms with Gasteiger partial charge in [0.15, 0.2) is 0 Å². The summed E-state index contributed by atoms with van der Waals surface area (Å²) in [4.78, 5) is 21.2. The number of cyclic esters (lactones) is 1. The molecule has 0 aromatic carbocycles. The quantitative estimate of drug-likeness (QED) is 0.758. The smallest absolute Gasteiger partial charge is 0.406 e. The number of unbranched alkanes of at least 4 members (excludes halogenated alkanes) is 1. The van der Waals surface area contributed by atoms with Crippen molar-refractivity contribution in [1.29, 1.82) is 0 Å². The van der Waals surface area contributed by atoms with Gasteiger partial charge < -0.3 is 14.8 Å². The number of hydrogen-bond donors (Lipinski definition) is 1. The van der Waals surface area contributed by atoms with E-state index in [1.54, 1.807) is 0 Å². The van der Waals surface area contributed by atoms with Gasteiger partial charge in [0.25, 0.3) is 0 Å². The zero-order valence-corrected chi connectivity index (χ0v) is 10.2. The molecule has 1 fully saturated rings. The van der Waals surface area contributed by atoms with Gasteiger partial charge in [0, 0.05) is 14.9 Å². The van der Waals surface area contributed by atoms with Crippen molar-refractivity contribution in [1.82, 2.24) is 5.32 Å². The Morgan fingerprint density at radius 1 is 1.56 bits per heavy atom. The Hall–Kier alpha value is -1.26. The Morgan fingerprint density at radius 2 is 2.19 bits per heavy atom. The lowest BCUT2D eigenvalue weighted by Crippen LogP contribution is -2.24. The molecule has 1 N–H and O–H groups in total. The number of nitrogens with one attached hydrogen (secondary N) is 1. The van der Waals surface area contributed by atoms with Crippen LogP contribution in [0.5, 0.6) is 0 Å². The van der Waals surface area contributed by atoms with Gasteiger partial charge in [-0.1, -0.05) is 26.7 Å². The van der Waals surface area contributed by atoms with Gasteiger partial charge in [-0.25, -0.2) is 4.79 Å². The zero-order valence-electron chi connectivity index (χ0n) is 10.2. The van der Waals surface area contributed by atoms with Crippen LogP contribution in [0.2, 0.25) is 0 Å². The van der Waals surface area contributed by atoms with Gasteiger partial charge >= 0.3 is 12.1 Å². The molecular weight excluding hydrogens is 210 g/mol. The Kier molecular flexibility index (Phi) is 8.29. The predicted molar refractivity (Wildman–Crippen MR) is 62.2 cm³/mol. The topological polar surface area (TPSA) is 64.6 Å². The molecule has 5 heteroatoms. The van der Waals surface area contributed by atoms with E-state index < -0.39 is 6.09 Å². The van der Waals surface area contributed by atoms with Gasteiger partial charge in [0.2, 0.25) is 0 Å². The zero-order chi connectivity index (χ0) is 12.4. The number of carbonyl (C=O) groups is 2. The molecule has 1 aliphatic heterocycles. The molecule has 0 bridgehead atoms. The maximum absolute atomic E-state index is 10.6. The average molecular weight is 233 g/mol. The monoisotopic (exact) mass is 233 g/mol. The van der Waals surface area contributed by atoms with Crippen molar-refractivity contribution in [3.05, 3.63) is 0 Å². The standard InChI is InChI=1S/C7H11NO4.C4H10.H2/c1-8-7(10)11-4-5-2-3-6(9)12-5;1-3-4-2;/h5H,2-4H2,1H3,(H,8,10);3-4H2,1-2H3;1H. The minimum Gasteiger partial charge on any atom is -0.459 e. The molecule has 1 aliphatic rings. The maximum atomic E-state index is 10.6. The van der Waals surface area contributed by atoms with Crippen LogP contribution in [0.1, 0.15) is 41.0 Å². The number of rotatable bonds is 3. The molecule has 1 amide bonds. The van der Waals surface area contributed by atoms with Crippen LogP contribution >= 0.6 is 0 Å². The Balaban J connectivity index is 0. The van der Waals surface area contributed by atoms with E-state index in [4.69, 9.17) is 9.47 Å². The second-order valence-electron chi connectivity index (χ2n) is 3.50. The van der Waals surface area contributed by atoms with Crippen LogP contribution in [0, 0.1) is 0 Å². The van der Waals surface area contributed by atoms with Crippen molar-refractivity contribution in [3.63, 3.8) is 0 Å². The van der Waals surface area contributed by atoms with Gasteiger partial charge in [0.1, 0.15) is 12.7 Å². The molecule has 1 heterocycles. The molecule has 5 nitrogen and oxygen atoms in total. The fourth-order valence-electron chi connectivity index (χ4n) is 0.941. The molecule has 1 rings (SSSR count). The van der Waals surface area contributed by atoms with Crippen molar-refractivity contribution in [2.45, 2.75) is 45.6 Å². The number of hydrogen-bond acceptors (Lipinski definition) is 4. The minimum absolute atomic E-state index is 0. The van der Waals surface area contributed by atoms with E-state index in [9.17, 15) is 9.59 Å². The SMILES string of the molecule is CCCC.CNC(=O)OCC1CCC(=O)O1.[HH]. The van der Waals surface area contributed by atoms with Crippen molar-refractivity contribution in [2.75, 3.05) is 13.7 Å². The highest BCUT2D eigenvalue weighted by Crippen LogP contribution is 2.13. The first-order chi connectivity index (χ1) is 7.63. The van der Waals surface area contributed by atoms with Gasteiger partial charge in [-0.2, -0.15) is 0 Å². The molecule has 96 valence electrons. The third kappa shape index (κ3) is 7.09. The van der Waals surface area contributed by atoms with Crippen molar-refractivity contribution >= 4 is 12.1 Å². The fraction of sp³-hybridized carbons (Fsp3) is 0.818. The Morgan fingerprint density at radius 3 is 2.56 bits per heavy atom. The van der Waals surface area contributed by atoms with Crippen molar-refractivity contribution in [3.8, 4) is 0 Å². The first kappa shape index (κ1) is 14.7. The van der Waals surface area contributed by atoms with Crippen LogP contribution in [-0.4, -0.2) is 31.8 Å². The first-order valence-electron chi connectivity index (χ1n) is 5.68. The summed E-state index contributed by atoms with van der Waals surface area (Å²) >= 11 is 0. The third-order valence-electron chi connectivity index (χ3n) is 2.07. The highest BCUT2D eigenvalue weighted by molar-refractivity contribution is 5.71. The fourth-order valence-corrected chi connectivity index (χ4v) is 0.941.